The Morgan fingerprint density at radius 2 is 1.66 bits per heavy atom. The number of anilines is 2. The van der Waals surface area contributed by atoms with E-state index < -0.39 is 32.5 Å². The Morgan fingerprint density at radius 3 is 2.22 bits per heavy atom. The largest absolute Gasteiger partial charge is 0.379 e. The quantitative estimate of drug-likeness (QED) is 0.644. The van der Waals surface area contributed by atoms with Crippen molar-refractivity contribution in [2.45, 2.75) is 18.7 Å². The number of hydrogen-bond donors (Lipinski definition) is 1. The highest BCUT2D eigenvalue weighted by Crippen LogP contribution is 2.24. The first-order chi connectivity index (χ1) is 15.0. The Bertz CT molecular complexity index is 1190. The first-order valence-electron chi connectivity index (χ1n) is 10.0. The van der Waals surface area contributed by atoms with Gasteiger partial charge in [0.15, 0.2) is 0 Å². The SMILES string of the molecule is Cc1ccc(N(CC(=O)Nc2ccc(S(=O)(=O)N3CCOCC3)cc2)S(C)(=O)=O)c(C)c1. The molecular weight excluding hydrogens is 454 g/mol. The van der Waals surface area contributed by atoms with Crippen LogP contribution in [0.25, 0.3) is 0 Å². The summed E-state index contributed by atoms with van der Waals surface area (Å²) in [6, 6.07) is 11.1. The number of amides is 1. The minimum absolute atomic E-state index is 0.116. The van der Waals surface area contributed by atoms with Crippen LogP contribution in [0.5, 0.6) is 0 Å². The molecule has 0 unspecified atom stereocenters. The van der Waals surface area contributed by atoms with Crippen molar-refractivity contribution >= 4 is 37.3 Å². The highest BCUT2D eigenvalue weighted by atomic mass is 32.2. The lowest BCUT2D eigenvalue weighted by atomic mass is 10.1. The molecule has 1 amide bonds. The topological polar surface area (TPSA) is 113 Å². The Labute approximate surface area is 189 Å². The zero-order valence-electron chi connectivity index (χ0n) is 18.2. The number of ether oxygens (including phenoxy) is 1. The van der Waals surface area contributed by atoms with E-state index in [1.165, 1.54) is 28.6 Å². The van der Waals surface area contributed by atoms with Crippen LogP contribution in [-0.2, 0) is 29.6 Å². The van der Waals surface area contributed by atoms with Crippen molar-refractivity contribution < 1.29 is 26.4 Å². The van der Waals surface area contributed by atoms with Gasteiger partial charge in [-0.3, -0.25) is 9.10 Å². The van der Waals surface area contributed by atoms with Gasteiger partial charge in [-0.25, -0.2) is 16.8 Å². The molecule has 1 saturated heterocycles. The number of nitrogens with one attached hydrogen (secondary N) is 1. The van der Waals surface area contributed by atoms with Gasteiger partial charge in [0.25, 0.3) is 0 Å². The van der Waals surface area contributed by atoms with Crippen molar-refractivity contribution in [3.63, 3.8) is 0 Å². The predicted molar refractivity (Wildman–Crippen MR) is 123 cm³/mol. The molecule has 2 aromatic carbocycles. The van der Waals surface area contributed by atoms with Gasteiger partial charge in [0, 0.05) is 18.8 Å². The summed E-state index contributed by atoms with van der Waals surface area (Å²) in [4.78, 5) is 12.7. The summed E-state index contributed by atoms with van der Waals surface area (Å²) in [7, 11) is -7.34. The Hall–Kier alpha value is -2.47. The van der Waals surface area contributed by atoms with Crippen molar-refractivity contribution in [1.29, 1.82) is 0 Å². The molecule has 0 saturated carbocycles. The third-order valence-electron chi connectivity index (χ3n) is 5.05. The van der Waals surface area contributed by atoms with Gasteiger partial charge >= 0.3 is 0 Å². The van der Waals surface area contributed by atoms with Gasteiger partial charge in [-0.05, 0) is 49.7 Å². The lowest BCUT2D eigenvalue weighted by molar-refractivity contribution is -0.114. The first kappa shape index (κ1) is 24.2. The molecule has 1 N–H and O–H groups in total. The third kappa shape index (κ3) is 5.66. The minimum Gasteiger partial charge on any atom is -0.379 e. The average molecular weight is 482 g/mol. The lowest BCUT2D eigenvalue weighted by Crippen LogP contribution is -2.40. The molecule has 3 rings (SSSR count). The number of carbonyl (C=O) groups excluding carboxylic acids is 1. The molecule has 11 heteroatoms. The molecular formula is C21H27N3O6S2. The summed E-state index contributed by atoms with van der Waals surface area (Å²) in [5.74, 6) is -0.542. The molecule has 9 nitrogen and oxygen atoms in total. The summed E-state index contributed by atoms with van der Waals surface area (Å²) in [5, 5.41) is 2.63. The van der Waals surface area contributed by atoms with Crippen LogP contribution in [0.2, 0.25) is 0 Å². The van der Waals surface area contributed by atoms with Gasteiger partial charge in [0.05, 0.1) is 30.1 Å². The smallest absolute Gasteiger partial charge is 0.245 e. The Morgan fingerprint density at radius 1 is 1.03 bits per heavy atom. The summed E-state index contributed by atoms with van der Waals surface area (Å²) in [5.41, 5.74) is 2.52. The molecule has 1 aliphatic heterocycles. The van der Waals surface area contributed by atoms with Crippen molar-refractivity contribution in [2.75, 3.05) is 48.7 Å². The van der Waals surface area contributed by atoms with E-state index in [2.05, 4.69) is 5.32 Å². The first-order valence-corrected chi connectivity index (χ1v) is 13.3. The number of nitrogens with zero attached hydrogens (tertiary/aromatic N) is 2. The fraction of sp³-hybridized carbons (Fsp3) is 0.381. The molecule has 0 radical (unpaired) electrons. The summed E-state index contributed by atoms with van der Waals surface area (Å²) in [6.45, 7) is 4.57. The van der Waals surface area contributed by atoms with E-state index in [1.54, 1.807) is 19.1 Å². The van der Waals surface area contributed by atoms with E-state index in [0.29, 0.717) is 37.7 Å². The number of sulfonamides is 2. The lowest BCUT2D eigenvalue weighted by Gasteiger charge is -2.26. The number of morpholine rings is 1. The highest BCUT2D eigenvalue weighted by Gasteiger charge is 2.26. The van der Waals surface area contributed by atoms with Crippen molar-refractivity contribution in [3.05, 3.63) is 53.6 Å². The van der Waals surface area contributed by atoms with Gasteiger partial charge in [0.1, 0.15) is 6.54 Å². The van der Waals surface area contributed by atoms with E-state index in [9.17, 15) is 21.6 Å². The number of hydrogen-bond acceptors (Lipinski definition) is 6. The second kappa shape index (κ2) is 9.57. The molecule has 1 fully saturated rings. The fourth-order valence-electron chi connectivity index (χ4n) is 3.44. The normalized spacial score (nSPS) is 15.3. The van der Waals surface area contributed by atoms with Gasteiger partial charge in [-0.1, -0.05) is 17.7 Å². The molecule has 0 atom stereocenters. The van der Waals surface area contributed by atoms with Crippen LogP contribution >= 0.6 is 0 Å². The van der Waals surface area contributed by atoms with Crippen LogP contribution in [0, 0.1) is 13.8 Å². The second-order valence-corrected chi connectivity index (χ2v) is 11.5. The van der Waals surface area contributed by atoms with Crippen LogP contribution in [0.15, 0.2) is 47.4 Å². The predicted octanol–water partition coefficient (Wildman–Crippen LogP) is 1.73. The monoisotopic (exact) mass is 481 g/mol. The number of benzene rings is 2. The molecule has 1 aliphatic rings. The highest BCUT2D eigenvalue weighted by molar-refractivity contribution is 7.92. The van der Waals surface area contributed by atoms with Gasteiger partial charge in [-0.2, -0.15) is 4.31 Å². The third-order valence-corrected chi connectivity index (χ3v) is 8.09. The molecule has 0 aromatic heterocycles. The fourth-order valence-corrected chi connectivity index (χ4v) is 5.77. The Kier molecular flexibility index (Phi) is 7.23. The maximum absolute atomic E-state index is 12.7. The molecule has 174 valence electrons. The summed E-state index contributed by atoms with van der Waals surface area (Å²) in [6.07, 6.45) is 1.05. The minimum atomic E-state index is -3.70. The van der Waals surface area contributed by atoms with Gasteiger partial charge in [0.2, 0.25) is 26.0 Å². The number of rotatable bonds is 7. The second-order valence-electron chi connectivity index (χ2n) is 7.65. The van der Waals surface area contributed by atoms with Crippen LogP contribution in [0.4, 0.5) is 11.4 Å². The molecule has 0 spiro atoms. The standard InChI is InChI=1S/C21H27N3O6S2/c1-16-4-9-20(17(2)14-16)24(31(3,26)27)15-21(25)22-18-5-7-19(8-6-18)32(28,29)23-10-12-30-13-11-23/h4-9,14H,10-13,15H2,1-3H3,(H,22,25). The van der Waals surface area contributed by atoms with E-state index in [4.69, 9.17) is 4.74 Å². The molecule has 1 heterocycles. The zero-order chi connectivity index (χ0) is 23.5. The van der Waals surface area contributed by atoms with Crippen LogP contribution < -0.4 is 9.62 Å². The van der Waals surface area contributed by atoms with E-state index in [-0.39, 0.29) is 4.90 Å². The molecule has 2 aromatic rings. The van der Waals surface area contributed by atoms with Crippen molar-refractivity contribution in [1.82, 2.24) is 4.31 Å². The van der Waals surface area contributed by atoms with Gasteiger partial charge in [-0.15, -0.1) is 0 Å². The number of carbonyl (C=O) groups is 1. The van der Waals surface area contributed by atoms with Crippen molar-refractivity contribution in [2.24, 2.45) is 0 Å². The number of aryl methyl sites for hydroxylation is 2. The summed E-state index contributed by atoms with van der Waals surface area (Å²) < 4.78 is 57.7. The maximum Gasteiger partial charge on any atom is 0.245 e. The maximum atomic E-state index is 12.7. The molecule has 0 bridgehead atoms. The molecule has 32 heavy (non-hydrogen) atoms. The van der Waals surface area contributed by atoms with Crippen molar-refractivity contribution in [3.8, 4) is 0 Å². The van der Waals surface area contributed by atoms with Crippen LogP contribution in [-0.4, -0.2) is 66.2 Å². The summed E-state index contributed by atoms with van der Waals surface area (Å²) >= 11 is 0. The van der Waals surface area contributed by atoms with Gasteiger partial charge < -0.3 is 10.1 Å². The Balaban J connectivity index is 1.73. The van der Waals surface area contributed by atoms with E-state index >= 15 is 0 Å². The van der Waals surface area contributed by atoms with Crippen LogP contribution in [0.1, 0.15) is 11.1 Å². The zero-order valence-corrected chi connectivity index (χ0v) is 19.9. The van der Waals surface area contributed by atoms with E-state index in [0.717, 1.165) is 21.7 Å². The van der Waals surface area contributed by atoms with Crippen LogP contribution in [0.3, 0.4) is 0 Å². The molecule has 0 aliphatic carbocycles. The average Bonchev–Trinajstić information content (AvgIpc) is 2.73. The van der Waals surface area contributed by atoms with E-state index in [1.807, 2.05) is 13.0 Å².